The highest BCUT2D eigenvalue weighted by molar-refractivity contribution is 5.99. The number of nitrogens with one attached hydrogen (secondary N) is 1. The monoisotopic (exact) mass is 679 g/mol. The van der Waals surface area contributed by atoms with Crippen LogP contribution in [0.4, 0.5) is 5.69 Å². The van der Waals surface area contributed by atoms with Gasteiger partial charge in [-0.2, -0.15) is 4.68 Å². The summed E-state index contributed by atoms with van der Waals surface area (Å²) in [5.74, 6) is 6.24. The quantitative estimate of drug-likeness (QED) is 0.272. The van der Waals surface area contributed by atoms with Gasteiger partial charge in [0.05, 0.1) is 16.9 Å². The van der Waals surface area contributed by atoms with E-state index in [2.05, 4.69) is 42.3 Å². The number of aromatic nitrogens is 4. The smallest absolute Gasteiger partial charge is 0.278 e. The molecule has 3 N–H and O–H groups in total. The number of nitrogens with two attached hydrogens (primary N) is 1. The van der Waals surface area contributed by atoms with Crippen LogP contribution >= 0.6 is 0 Å². The van der Waals surface area contributed by atoms with E-state index < -0.39 is 23.4 Å². The minimum Gasteiger partial charge on any atom is -0.370 e. The molecule has 4 fully saturated rings. The van der Waals surface area contributed by atoms with Gasteiger partial charge in [0.2, 0.25) is 17.7 Å². The van der Waals surface area contributed by atoms with E-state index in [1.54, 1.807) is 24.3 Å². The average Bonchev–Trinajstić information content (AvgIpc) is 3.10. The summed E-state index contributed by atoms with van der Waals surface area (Å²) < 4.78 is 1.06. The zero-order valence-electron chi connectivity index (χ0n) is 27.9. The number of nitrogens with zero attached hydrogens (tertiary/aromatic N) is 7. The molecule has 7 rings (SSSR count). The molecule has 4 aliphatic heterocycles. The molecule has 14 nitrogen and oxygen atoms in total. The fraction of sp³-hybridized carbons (Fsp3) is 0.500. The minimum absolute atomic E-state index is 0.0784. The van der Waals surface area contributed by atoms with Gasteiger partial charge in [-0.05, 0) is 93.3 Å². The molecule has 2 aromatic heterocycles. The Morgan fingerprint density at radius 2 is 1.70 bits per heavy atom. The molecule has 0 spiro atoms. The van der Waals surface area contributed by atoms with Crippen LogP contribution in [0.1, 0.15) is 67.0 Å². The molecule has 4 saturated heterocycles. The molecule has 50 heavy (non-hydrogen) atoms. The summed E-state index contributed by atoms with van der Waals surface area (Å²) in [4.78, 5) is 72.6. The predicted molar refractivity (Wildman–Crippen MR) is 184 cm³/mol. The Kier molecular flexibility index (Phi) is 9.58. The molecule has 3 aromatic rings. The van der Waals surface area contributed by atoms with Crippen LogP contribution in [-0.2, 0) is 14.4 Å². The maximum absolute atomic E-state index is 13.4. The highest BCUT2D eigenvalue weighted by atomic mass is 16.2. The van der Waals surface area contributed by atoms with Crippen LogP contribution in [0, 0.1) is 29.6 Å². The fourth-order valence-electron chi connectivity index (χ4n) is 7.44. The van der Waals surface area contributed by atoms with Crippen molar-refractivity contribution in [1.29, 1.82) is 0 Å². The number of carbonyl (C=O) groups excluding carboxylic acids is 4. The van der Waals surface area contributed by atoms with Crippen molar-refractivity contribution in [1.82, 2.24) is 35.1 Å². The first kappa shape index (κ1) is 33.3. The largest absolute Gasteiger partial charge is 0.370 e. The summed E-state index contributed by atoms with van der Waals surface area (Å²) in [6.45, 7) is 5.96. The Hall–Kier alpha value is -5.16. The number of rotatable bonds is 7. The minimum atomic E-state index is -0.875. The first-order valence-electron chi connectivity index (χ1n) is 17.5. The van der Waals surface area contributed by atoms with Gasteiger partial charge in [-0.3, -0.25) is 29.3 Å². The van der Waals surface area contributed by atoms with E-state index in [9.17, 15) is 24.0 Å². The maximum atomic E-state index is 13.4. The zero-order valence-corrected chi connectivity index (χ0v) is 27.9. The van der Waals surface area contributed by atoms with Crippen molar-refractivity contribution >= 4 is 40.2 Å². The molecule has 1 atom stereocenters. The number of pyridine rings is 1. The molecule has 14 heteroatoms. The van der Waals surface area contributed by atoms with E-state index >= 15 is 0 Å². The Morgan fingerprint density at radius 1 is 0.940 bits per heavy atom. The van der Waals surface area contributed by atoms with Crippen molar-refractivity contribution in [2.75, 3.05) is 50.7 Å². The molecule has 0 radical (unpaired) electrons. The summed E-state index contributed by atoms with van der Waals surface area (Å²) in [7, 11) is 0. The molecule has 4 amide bonds. The number of piperidine rings is 3. The number of fused-ring (bicyclic) bond motifs is 1. The summed E-state index contributed by atoms with van der Waals surface area (Å²) >= 11 is 0. The number of hydrogen-bond acceptors (Lipinski definition) is 10. The number of imide groups is 1. The topological polar surface area (TPSA) is 177 Å². The van der Waals surface area contributed by atoms with Gasteiger partial charge in [0.25, 0.3) is 11.5 Å². The van der Waals surface area contributed by atoms with E-state index in [4.69, 9.17) is 5.73 Å². The molecule has 6 heterocycles. The number of anilines is 1. The number of amides is 4. The molecule has 0 aliphatic carbocycles. The third kappa shape index (κ3) is 7.23. The average molecular weight is 680 g/mol. The van der Waals surface area contributed by atoms with Crippen LogP contribution < -0.4 is 21.5 Å². The highest BCUT2D eigenvalue weighted by Gasteiger charge is 2.37. The first-order chi connectivity index (χ1) is 24.2. The van der Waals surface area contributed by atoms with Crippen molar-refractivity contribution in [2.24, 2.45) is 23.5 Å². The molecule has 0 bridgehead atoms. The maximum Gasteiger partial charge on any atom is 0.278 e. The van der Waals surface area contributed by atoms with E-state index in [1.165, 1.54) is 6.20 Å². The van der Waals surface area contributed by atoms with Gasteiger partial charge in [0.15, 0.2) is 0 Å². The molecule has 1 aromatic carbocycles. The molecule has 1 unspecified atom stereocenters. The number of likely N-dealkylation sites (tertiary alicyclic amines) is 2. The normalized spacial score (nSPS) is 21.0. The fourth-order valence-corrected chi connectivity index (χ4v) is 7.44. The third-order valence-corrected chi connectivity index (χ3v) is 10.6. The lowest BCUT2D eigenvalue weighted by molar-refractivity contribution is -0.138. The van der Waals surface area contributed by atoms with Crippen molar-refractivity contribution in [3.8, 4) is 11.8 Å². The van der Waals surface area contributed by atoms with E-state index in [1.807, 2.05) is 11.0 Å². The molecule has 4 aliphatic rings. The van der Waals surface area contributed by atoms with Gasteiger partial charge in [-0.15, -0.1) is 5.10 Å². The Bertz CT molecular complexity index is 1910. The van der Waals surface area contributed by atoms with E-state index in [0.717, 1.165) is 75.2 Å². The summed E-state index contributed by atoms with van der Waals surface area (Å²) in [6, 6.07) is 7.87. The van der Waals surface area contributed by atoms with E-state index in [0.29, 0.717) is 47.1 Å². The summed E-state index contributed by atoms with van der Waals surface area (Å²) in [5.41, 5.74) is 7.12. The van der Waals surface area contributed by atoms with Gasteiger partial charge in [-0.25, -0.2) is 4.98 Å². The second-order valence-corrected chi connectivity index (χ2v) is 13.9. The van der Waals surface area contributed by atoms with Gasteiger partial charge in [0, 0.05) is 57.4 Å². The van der Waals surface area contributed by atoms with Crippen LogP contribution in [-0.4, -0.2) is 99.2 Å². The summed E-state index contributed by atoms with van der Waals surface area (Å²) in [5, 5.41) is 10.7. The van der Waals surface area contributed by atoms with Crippen LogP contribution in [0.2, 0.25) is 0 Å². The first-order valence-corrected chi connectivity index (χ1v) is 17.5. The molecular formula is C36H41N9O5. The van der Waals surface area contributed by atoms with E-state index in [-0.39, 0.29) is 30.6 Å². The highest BCUT2D eigenvalue weighted by Crippen LogP contribution is 2.30. The number of primary amides is 1. The van der Waals surface area contributed by atoms with Crippen LogP contribution in [0.3, 0.4) is 0 Å². The molecule has 0 saturated carbocycles. The number of benzene rings is 1. The van der Waals surface area contributed by atoms with Gasteiger partial charge < -0.3 is 20.4 Å². The summed E-state index contributed by atoms with van der Waals surface area (Å²) in [6.07, 6.45) is 6.92. The Labute approximate surface area is 289 Å². The number of carbonyl (C=O) groups is 4. The Morgan fingerprint density at radius 3 is 2.40 bits per heavy atom. The van der Waals surface area contributed by atoms with Crippen molar-refractivity contribution < 1.29 is 19.2 Å². The van der Waals surface area contributed by atoms with Crippen molar-refractivity contribution in [3.05, 3.63) is 58.1 Å². The van der Waals surface area contributed by atoms with Gasteiger partial charge >= 0.3 is 0 Å². The van der Waals surface area contributed by atoms with Crippen LogP contribution in [0.5, 0.6) is 0 Å². The van der Waals surface area contributed by atoms with Gasteiger partial charge in [0.1, 0.15) is 17.3 Å². The standard InChI is InChI=1S/C36H41N9O5/c37-33(47)25-4-5-27(38-19-25)3-1-2-23-10-14-42(15-11-23)20-24-12-16-43(17-13-24)35(49)26-21-44(22-26)28-6-7-30-29(18-28)36(50)45(41-40-30)31-8-9-32(46)39-34(31)48/h4-7,18-19,23-24,26,31H,2,8-17,20-22H2,(H2,37,47)(H,39,46,48). The van der Waals surface area contributed by atoms with Crippen LogP contribution in [0.25, 0.3) is 10.9 Å². The number of hydrogen-bond donors (Lipinski definition) is 2. The van der Waals surface area contributed by atoms with Crippen LogP contribution in [0.15, 0.2) is 41.3 Å². The zero-order chi connectivity index (χ0) is 34.8. The van der Waals surface area contributed by atoms with Gasteiger partial charge in [-0.1, -0.05) is 11.1 Å². The van der Waals surface area contributed by atoms with Crippen molar-refractivity contribution in [3.63, 3.8) is 0 Å². The second kappa shape index (κ2) is 14.4. The lowest BCUT2D eigenvalue weighted by Crippen LogP contribution is -2.56. The molecule has 260 valence electrons. The lowest BCUT2D eigenvalue weighted by Gasteiger charge is -2.44. The lowest BCUT2D eigenvalue weighted by atomic mass is 9.90. The van der Waals surface area contributed by atoms with Crippen molar-refractivity contribution in [2.45, 2.75) is 51.0 Å². The predicted octanol–water partition coefficient (Wildman–Crippen LogP) is 1.09. The second-order valence-electron chi connectivity index (χ2n) is 13.9. The SMILES string of the molecule is NC(=O)c1ccc(C#CCC2CCN(CC3CCN(C(=O)C4CN(c5ccc6nnn(C7CCC(=O)NC7=O)c(=O)c6c5)C4)CC3)CC2)nc1. The third-order valence-electron chi connectivity index (χ3n) is 10.6. The Balaban J connectivity index is 0.841. The molecular weight excluding hydrogens is 638 g/mol.